The first-order valence-electron chi connectivity index (χ1n) is 6.90. The number of rotatable bonds is 7. The molecule has 118 valence electrons. The molecule has 8 heteroatoms. The van der Waals surface area contributed by atoms with Crippen LogP contribution in [0, 0.1) is 0 Å². The second kappa shape index (κ2) is 7.17. The molecule has 0 spiro atoms. The molecule has 0 unspecified atom stereocenters. The zero-order valence-electron chi connectivity index (χ0n) is 12.4. The summed E-state index contributed by atoms with van der Waals surface area (Å²) in [5.41, 5.74) is 1.47. The van der Waals surface area contributed by atoms with E-state index in [9.17, 15) is 9.90 Å². The number of carboxylic acids is 1. The topological polar surface area (TPSA) is 102 Å². The Bertz CT molecular complexity index is 655. The van der Waals surface area contributed by atoms with Gasteiger partial charge >= 0.3 is 5.97 Å². The van der Waals surface area contributed by atoms with Crippen molar-refractivity contribution in [2.45, 2.75) is 19.0 Å². The molecule has 0 fully saturated rings. The molecule has 0 aliphatic rings. The van der Waals surface area contributed by atoms with Gasteiger partial charge in [0.2, 0.25) is 0 Å². The van der Waals surface area contributed by atoms with Crippen molar-refractivity contribution in [2.24, 2.45) is 0 Å². The fourth-order valence-corrected chi connectivity index (χ4v) is 2.60. The summed E-state index contributed by atoms with van der Waals surface area (Å²) in [6.45, 7) is 5.81. The number of aliphatic carboxylic acids is 1. The number of aromatic hydroxyl groups is 1. The summed E-state index contributed by atoms with van der Waals surface area (Å²) in [5, 5.41) is 27.1. The molecule has 0 amide bonds. The molecule has 0 aliphatic heterocycles. The van der Waals surface area contributed by atoms with Crippen molar-refractivity contribution in [3.63, 3.8) is 0 Å². The third kappa shape index (κ3) is 3.70. The van der Waals surface area contributed by atoms with Crippen LogP contribution in [0.1, 0.15) is 13.8 Å². The fraction of sp³-hybridized carbons (Fsp3) is 0.357. The number of carboxylic acid groups (broad SMARTS) is 1. The van der Waals surface area contributed by atoms with Gasteiger partial charge < -0.3 is 20.1 Å². The number of benzene rings is 1. The van der Waals surface area contributed by atoms with Gasteiger partial charge in [0.1, 0.15) is 5.75 Å². The predicted octanol–water partition coefficient (Wildman–Crippen LogP) is 2.20. The number of phenolic OH excluding ortho intramolecular Hbond substituents is 1. The maximum Gasteiger partial charge on any atom is 0.313 e. The lowest BCUT2D eigenvalue weighted by Crippen LogP contribution is -2.21. The molecular formula is C14H18N4O3S. The maximum absolute atomic E-state index is 10.5. The van der Waals surface area contributed by atoms with Crippen LogP contribution in [0.25, 0.3) is 11.4 Å². The number of nitrogens with one attached hydrogen (secondary N) is 1. The van der Waals surface area contributed by atoms with Crippen LogP contribution in [-0.4, -0.2) is 50.2 Å². The normalized spacial score (nSPS) is 10.6. The van der Waals surface area contributed by atoms with E-state index in [0.29, 0.717) is 16.5 Å². The molecular weight excluding hydrogens is 304 g/mol. The summed E-state index contributed by atoms with van der Waals surface area (Å²) in [5.74, 6) is -0.497. The molecule has 7 nitrogen and oxygen atoms in total. The lowest BCUT2D eigenvalue weighted by Gasteiger charge is -2.21. The van der Waals surface area contributed by atoms with Gasteiger partial charge in [0.25, 0.3) is 0 Å². The average molecular weight is 322 g/mol. The number of thioether (sulfide) groups is 1. The van der Waals surface area contributed by atoms with Crippen molar-refractivity contribution in [1.29, 1.82) is 0 Å². The van der Waals surface area contributed by atoms with E-state index in [0.717, 1.165) is 30.5 Å². The molecule has 0 saturated carbocycles. The average Bonchev–Trinajstić information content (AvgIpc) is 2.95. The summed E-state index contributed by atoms with van der Waals surface area (Å²) >= 11 is 1.05. The van der Waals surface area contributed by atoms with Gasteiger partial charge in [0.15, 0.2) is 11.0 Å². The number of nitrogens with zero attached hydrogens (tertiary/aromatic N) is 3. The molecule has 22 heavy (non-hydrogen) atoms. The molecule has 0 atom stereocenters. The van der Waals surface area contributed by atoms with Crippen molar-refractivity contribution in [2.75, 3.05) is 23.7 Å². The largest absolute Gasteiger partial charge is 0.507 e. The number of aromatic nitrogens is 3. The Balaban J connectivity index is 2.20. The van der Waals surface area contributed by atoms with E-state index in [1.165, 1.54) is 0 Å². The molecule has 0 saturated heterocycles. The van der Waals surface area contributed by atoms with Crippen LogP contribution < -0.4 is 4.90 Å². The van der Waals surface area contributed by atoms with Gasteiger partial charge in [-0.3, -0.25) is 4.79 Å². The minimum Gasteiger partial charge on any atom is -0.507 e. The van der Waals surface area contributed by atoms with E-state index in [1.54, 1.807) is 12.1 Å². The highest BCUT2D eigenvalue weighted by molar-refractivity contribution is 7.99. The van der Waals surface area contributed by atoms with Gasteiger partial charge in [-0.05, 0) is 26.0 Å². The molecule has 0 bridgehead atoms. The lowest BCUT2D eigenvalue weighted by molar-refractivity contribution is -0.133. The number of hydrogen-bond acceptors (Lipinski definition) is 6. The third-order valence-electron chi connectivity index (χ3n) is 3.16. The number of H-pyrrole nitrogens is 1. The lowest BCUT2D eigenvalue weighted by atomic mass is 10.1. The predicted molar refractivity (Wildman–Crippen MR) is 85.4 cm³/mol. The van der Waals surface area contributed by atoms with Crippen molar-refractivity contribution in [3.8, 4) is 17.1 Å². The Labute approximate surface area is 132 Å². The minimum atomic E-state index is -0.922. The molecule has 2 rings (SSSR count). The third-order valence-corrected chi connectivity index (χ3v) is 4.01. The summed E-state index contributed by atoms with van der Waals surface area (Å²) in [7, 11) is 0. The molecule has 1 heterocycles. The summed E-state index contributed by atoms with van der Waals surface area (Å²) in [4.78, 5) is 15.6. The summed E-state index contributed by atoms with van der Waals surface area (Å²) < 4.78 is 0. The van der Waals surface area contributed by atoms with Crippen molar-refractivity contribution in [1.82, 2.24) is 15.2 Å². The first kappa shape index (κ1) is 16.2. The highest BCUT2D eigenvalue weighted by Crippen LogP contribution is 2.31. The van der Waals surface area contributed by atoms with Gasteiger partial charge in [-0.25, -0.2) is 0 Å². The van der Waals surface area contributed by atoms with Gasteiger partial charge in [0.05, 0.1) is 11.3 Å². The maximum atomic E-state index is 10.5. The number of phenols is 1. The van der Waals surface area contributed by atoms with E-state index >= 15 is 0 Å². The van der Waals surface area contributed by atoms with Gasteiger partial charge in [-0.15, -0.1) is 10.2 Å². The SMILES string of the molecule is CCN(CC)c1ccc(-c2nnc(SCC(=O)O)[nH]2)c(O)c1. The van der Waals surface area contributed by atoms with Crippen LogP contribution >= 0.6 is 11.8 Å². The molecule has 1 aromatic heterocycles. The molecule has 0 aliphatic carbocycles. The van der Waals surface area contributed by atoms with Crippen LogP contribution in [0.3, 0.4) is 0 Å². The van der Waals surface area contributed by atoms with Crippen LogP contribution in [0.5, 0.6) is 5.75 Å². The van der Waals surface area contributed by atoms with E-state index in [1.807, 2.05) is 6.07 Å². The standard InChI is InChI=1S/C14H18N4O3S/c1-3-18(4-2)9-5-6-10(11(19)7-9)13-15-14(17-16-13)22-8-12(20)21/h5-7,19H,3-4,8H2,1-2H3,(H,20,21)(H,15,16,17). The molecule has 1 aromatic carbocycles. The van der Waals surface area contributed by atoms with Crippen LogP contribution in [-0.2, 0) is 4.79 Å². The van der Waals surface area contributed by atoms with Crippen LogP contribution in [0.15, 0.2) is 23.4 Å². The van der Waals surface area contributed by atoms with Crippen molar-refractivity contribution in [3.05, 3.63) is 18.2 Å². The monoisotopic (exact) mass is 322 g/mol. The highest BCUT2D eigenvalue weighted by atomic mass is 32.2. The van der Waals surface area contributed by atoms with E-state index < -0.39 is 5.97 Å². The van der Waals surface area contributed by atoms with E-state index in [2.05, 4.69) is 33.9 Å². The Morgan fingerprint density at radius 3 is 2.64 bits per heavy atom. The fourth-order valence-electron chi connectivity index (χ4n) is 2.07. The van der Waals surface area contributed by atoms with E-state index in [-0.39, 0.29) is 11.5 Å². The zero-order valence-corrected chi connectivity index (χ0v) is 13.2. The number of anilines is 1. The van der Waals surface area contributed by atoms with Gasteiger partial charge in [-0.2, -0.15) is 0 Å². The quantitative estimate of drug-likeness (QED) is 0.671. The van der Waals surface area contributed by atoms with Gasteiger partial charge in [0, 0.05) is 24.8 Å². The Morgan fingerprint density at radius 2 is 2.05 bits per heavy atom. The van der Waals surface area contributed by atoms with Crippen LogP contribution in [0.2, 0.25) is 0 Å². The first-order chi connectivity index (χ1) is 10.5. The zero-order chi connectivity index (χ0) is 16.1. The molecule has 2 aromatic rings. The Kier molecular flexibility index (Phi) is 5.26. The molecule has 0 radical (unpaired) electrons. The Morgan fingerprint density at radius 1 is 1.32 bits per heavy atom. The van der Waals surface area contributed by atoms with E-state index in [4.69, 9.17) is 5.11 Å². The minimum absolute atomic E-state index is 0.0957. The van der Waals surface area contributed by atoms with Crippen molar-refractivity contribution >= 4 is 23.4 Å². The highest BCUT2D eigenvalue weighted by Gasteiger charge is 2.13. The summed E-state index contributed by atoms with van der Waals surface area (Å²) in [6, 6.07) is 5.37. The van der Waals surface area contributed by atoms with Crippen LogP contribution in [0.4, 0.5) is 5.69 Å². The second-order valence-electron chi connectivity index (χ2n) is 4.53. The second-order valence-corrected chi connectivity index (χ2v) is 5.50. The van der Waals surface area contributed by atoms with Crippen molar-refractivity contribution < 1.29 is 15.0 Å². The first-order valence-corrected chi connectivity index (χ1v) is 7.89. The van der Waals surface area contributed by atoms with Gasteiger partial charge in [-0.1, -0.05) is 11.8 Å². The number of hydrogen-bond donors (Lipinski definition) is 3. The number of carbonyl (C=O) groups is 1. The summed E-state index contributed by atoms with van der Waals surface area (Å²) in [6.07, 6.45) is 0. The molecule has 3 N–H and O–H groups in total. The smallest absolute Gasteiger partial charge is 0.313 e. The Hall–Kier alpha value is -2.22. The number of aromatic amines is 1.